The summed E-state index contributed by atoms with van der Waals surface area (Å²) in [5.74, 6) is 4.70. The van der Waals surface area contributed by atoms with E-state index in [1.807, 2.05) is 24.3 Å². The van der Waals surface area contributed by atoms with Crippen LogP contribution >= 0.6 is 0 Å². The summed E-state index contributed by atoms with van der Waals surface area (Å²) in [4.78, 5) is 25.3. The Bertz CT molecular complexity index is 920. The van der Waals surface area contributed by atoms with Crippen LogP contribution in [0.4, 0.5) is 11.4 Å². The molecule has 28 heavy (non-hydrogen) atoms. The molecule has 1 aliphatic rings. The smallest absolute Gasteiger partial charge is 0.337 e. The lowest BCUT2D eigenvalue weighted by molar-refractivity contribution is -0.115. The number of aromatic carboxylic acids is 1. The zero-order valence-corrected chi connectivity index (χ0v) is 15.7. The number of morpholine rings is 1. The third kappa shape index (κ3) is 4.90. The molecule has 2 aromatic carbocycles. The lowest BCUT2D eigenvalue weighted by Gasteiger charge is -2.28. The highest BCUT2D eigenvalue weighted by Gasteiger charge is 2.13. The summed E-state index contributed by atoms with van der Waals surface area (Å²) in [6.45, 7) is 4.94. The zero-order chi connectivity index (χ0) is 19.9. The summed E-state index contributed by atoms with van der Waals surface area (Å²) in [6.07, 6.45) is 0.279. The third-order valence-electron chi connectivity index (χ3n) is 4.44. The van der Waals surface area contributed by atoms with Gasteiger partial charge in [0.25, 0.3) is 0 Å². The first kappa shape index (κ1) is 19.5. The van der Waals surface area contributed by atoms with Crippen LogP contribution in [0.25, 0.3) is 0 Å². The molecule has 1 saturated heterocycles. The predicted molar refractivity (Wildman–Crippen MR) is 108 cm³/mol. The van der Waals surface area contributed by atoms with Gasteiger partial charge in [0.05, 0.1) is 24.5 Å². The van der Waals surface area contributed by atoms with Gasteiger partial charge in [0, 0.05) is 36.3 Å². The Kier molecular flexibility index (Phi) is 6.30. The number of hydrogen-bond donors (Lipinski definition) is 2. The second-order valence-electron chi connectivity index (χ2n) is 6.36. The number of nitrogens with one attached hydrogen (secondary N) is 1. The maximum absolute atomic E-state index is 11.6. The lowest BCUT2D eigenvalue weighted by atomic mass is 10.1. The van der Waals surface area contributed by atoms with E-state index in [2.05, 4.69) is 22.1 Å². The van der Waals surface area contributed by atoms with Crippen LogP contribution in [0.2, 0.25) is 0 Å². The van der Waals surface area contributed by atoms with Crippen molar-refractivity contribution < 1.29 is 19.4 Å². The number of hydrogen-bond acceptors (Lipinski definition) is 4. The van der Waals surface area contributed by atoms with Crippen molar-refractivity contribution in [2.45, 2.75) is 13.3 Å². The van der Waals surface area contributed by atoms with Gasteiger partial charge in [-0.3, -0.25) is 4.79 Å². The fraction of sp³-hybridized carbons (Fsp3) is 0.273. The minimum atomic E-state index is -1.11. The van der Waals surface area contributed by atoms with E-state index in [-0.39, 0.29) is 23.6 Å². The second-order valence-corrected chi connectivity index (χ2v) is 6.36. The lowest BCUT2D eigenvalue weighted by Crippen LogP contribution is -2.36. The Hall–Kier alpha value is -3.30. The molecule has 6 heteroatoms. The summed E-state index contributed by atoms with van der Waals surface area (Å²) in [5, 5.41) is 12.0. The van der Waals surface area contributed by atoms with E-state index >= 15 is 0 Å². The van der Waals surface area contributed by atoms with Crippen molar-refractivity contribution in [3.05, 3.63) is 59.2 Å². The fourth-order valence-corrected chi connectivity index (χ4v) is 2.87. The minimum Gasteiger partial charge on any atom is -0.478 e. The molecule has 2 aromatic rings. The highest BCUT2D eigenvalue weighted by molar-refractivity contribution is 6.00. The summed E-state index contributed by atoms with van der Waals surface area (Å²) in [7, 11) is 0. The van der Waals surface area contributed by atoms with Gasteiger partial charge in [-0.05, 0) is 42.5 Å². The quantitative estimate of drug-likeness (QED) is 0.800. The second kappa shape index (κ2) is 9.07. The Morgan fingerprint density at radius 2 is 1.71 bits per heavy atom. The maximum atomic E-state index is 11.6. The van der Waals surface area contributed by atoms with E-state index in [0.717, 1.165) is 37.6 Å². The van der Waals surface area contributed by atoms with Gasteiger partial charge in [-0.1, -0.05) is 18.8 Å². The average molecular weight is 378 g/mol. The number of rotatable bonds is 4. The number of carboxylic acid groups (broad SMARTS) is 1. The topological polar surface area (TPSA) is 78.9 Å². The largest absolute Gasteiger partial charge is 0.478 e. The van der Waals surface area contributed by atoms with Gasteiger partial charge in [0.1, 0.15) is 0 Å². The van der Waals surface area contributed by atoms with Crippen molar-refractivity contribution in [3.8, 4) is 11.8 Å². The van der Waals surface area contributed by atoms with Crippen LogP contribution in [0.5, 0.6) is 0 Å². The Morgan fingerprint density at radius 1 is 1.07 bits per heavy atom. The molecule has 0 aromatic heterocycles. The minimum absolute atomic E-state index is 0.0243. The van der Waals surface area contributed by atoms with Gasteiger partial charge < -0.3 is 20.1 Å². The van der Waals surface area contributed by atoms with Gasteiger partial charge in [0.15, 0.2) is 0 Å². The normalized spacial score (nSPS) is 13.4. The van der Waals surface area contributed by atoms with Crippen molar-refractivity contribution in [1.29, 1.82) is 0 Å². The molecule has 1 amide bonds. The molecule has 0 saturated carbocycles. The van der Waals surface area contributed by atoms with E-state index in [1.165, 1.54) is 6.07 Å². The van der Waals surface area contributed by atoms with E-state index in [4.69, 9.17) is 4.74 Å². The molecular weight excluding hydrogens is 356 g/mol. The molecule has 0 spiro atoms. The Balaban J connectivity index is 1.76. The molecule has 6 nitrogen and oxygen atoms in total. The highest BCUT2D eigenvalue weighted by atomic mass is 16.5. The van der Waals surface area contributed by atoms with Crippen LogP contribution in [0.15, 0.2) is 42.5 Å². The van der Waals surface area contributed by atoms with E-state index < -0.39 is 5.97 Å². The van der Waals surface area contributed by atoms with Crippen LogP contribution in [0.1, 0.15) is 34.8 Å². The number of amides is 1. The number of anilines is 2. The number of ether oxygens (including phenoxy) is 1. The average Bonchev–Trinajstić information content (AvgIpc) is 2.73. The molecule has 3 rings (SSSR count). The van der Waals surface area contributed by atoms with Crippen molar-refractivity contribution in [1.82, 2.24) is 0 Å². The summed E-state index contributed by atoms with van der Waals surface area (Å²) in [6, 6.07) is 12.7. The van der Waals surface area contributed by atoms with E-state index in [9.17, 15) is 14.7 Å². The molecule has 0 unspecified atom stereocenters. The van der Waals surface area contributed by atoms with Gasteiger partial charge in [-0.25, -0.2) is 4.79 Å². The molecule has 2 N–H and O–H groups in total. The molecule has 0 atom stereocenters. The molecule has 0 aliphatic carbocycles. The monoisotopic (exact) mass is 378 g/mol. The number of carboxylic acids is 1. The third-order valence-corrected chi connectivity index (χ3v) is 4.44. The zero-order valence-electron chi connectivity index (χ0n) is 15.7. The molecular formula is C22H22N2O4. The van der Waals surface area contributed by atoms with Crippen LogP contribution in [-0.2, 0) is 9.53 Å². The first-order valence-corrected chi connectivity index (χ1v) is 9.19. The van der Waals surface area contributed by atoms with Gasteiger partial charge in [0.2, 0.25) is 5.91 Å². The SMILES string of the molecule is CCC(=O)Nc1ccc(C#Cc2ccc(N3CCOCC3)cc2)cc1C(=O)O. The van der Waals surface area contributed by atoms with E-state index in [1.54, 1.807) is 19.1 Å². The van der Waals surface area contributed by atoms with Gasteiger partial charge in [-0.15, -0.1) is 0 Å². The van der Waals surface area contributed by atoms with Crippen LogP contribution in [0.3, 0.4) is 0 Å². The van der Waals surface area contributed by atoms with Crippen LogP contribution < -0.4 is 10.2 Å². The molecule has 1 aliphatic heterocycles. The summed E-state index contributed by atoms with van der Waals surface area (Å²) in [5.41, 5.74) is 2.86. The van der Waals surface area contributed by atoms with Crippen molar-refractivity contribution in [3.63, 3.8) is 0 Å². The first-order chi connectivity index (χ1) is 13.6. The molecule has 144 valence electrons. The molecule has 1 heterocycles. The van der Waals surface area contributed by atoms with Gasteiger partial charge >= 0.3 is 5.97 Å². The van der Waals surface area contributed by atoms with Gasteiger partial charge in [-0.2, -0.15) is 0 Å². The van der Waals surface area contributed by atoms with Crippen molar-refractivity contribution >= 4 is 23.3 Å². The standard InChI is InChI=1S/C22H22N2O4/c1-2-21(25)23-20-10-7-17(15-19(20)22(26)27)4-3-16-5-8-18(9-6-16)24-11-13-28-14-12-24/h5-10,15H,2,11-14H2,1H3,(H,23,25)(H,26,27). The number of benzene rings is 2. The Labute approximate surface area is 164 Å². The van der Waals surface area contributed by atoms with Crippen LogP contribution in [-0.4, -0.2) is 43.3 Å². The van der Waals surface area contributed by atoms with Crippen molar-refractivity contribution in [2.24, 2.45) is 0 Å². The highest BCUT2D eigenvalue weighted by Crippen LogP contribution is 2.19. The van der Waals surface area contributed by atoms with E-state index in [0.29, 0.717) is 5.56 Å². The first-order valence-electron chi connectivity index (χ1n) is 9.19. The molecule has 1 fully saturated rings. The number of carbonyl (C=O) groups excluding carboxylic acids is 1. The predicted octanol–water partition coefficient (Wildman–Crippen LogP) is 2.97. The number of nitrogens with zero attached hydrogens (tertiary/aromatic N) is 1. The van der Waals surface area contributed by atoms with Crippen molar-refractivity contribution in [2.75, 3.05) is 36.5 Å². The fourth-order valence-electron chi connectivity index (χ4n) is 2.87. The summed E-state index contributed by atoms with van der Waals surface area (Å²) >= 11 is 0. The molecule has 0 radical (unpaired) electrons. The summed E-state index contributed by atoms with van der Waals surface area (Å²) < 4.78 is 5.37. The van der Waals surface area contributed by atoms with Crippen LogP contribution in [0, 0.1) is 11.8 Å². The number of carbonyl (C=O) groups is 2. The molecule has 0 bridgehead atoms. The maximum Gasteiger partial charge on any atom is 0.337 e. The Morgan fingerprint density at radius 3 is 2.36 bits per heavy atom.